The maximum absolute atomic E-state index is 14.2. The molecule has 0 saturated carbocycles. The molecule has 0 saturated heterocycles. The van der Waals surface area contributed by atoms with Crippen LogP contribution >= 0.6 is 0 Å². The summed E-state index contributed by atoms with van der Waals surface area (Å²) in [4.78, 5) is 7.97. The largest absolute Gasteiger partial charge is 0.493 e. The summed E-state index contributed by atoms with van der Waals surface area (Å²) in [6.07, 6.45) is 2.74. The monoisotopic (exact) mass is 370 g/mol. The number of ether oxygens (including phenoxy) is 3. The van der Waals surface area contributed by atoms with Crippen molar-refractivity contribution in [2.45, 2.75) is 0 Å². The first kappa shape index (κ1) is 18.1. The standard InChI is InChI=1S/C17H15FN6O3/c1-25-9-27-13-4-3-11(18)17(26-2)16(13)12-5-14(24-23-12)22-15-8-20-10(6-19)7-21-15/h3-5,7-8H,9H2,1-2H3,(H2,21,22,23,24). The van der Waals surface area contributed by atoms with Gasteiger partial charge in [-0.1, -0.05) is 0 Å². The molecule has 2 heterocycles. The van der Waals surface area contributed by atoms with Crippen LogP contribution in [-0.2, 0) is 4.74 Å². The molecule has 138 valence electrons. The molecular weight excluding hydrogens is 355 g/mol. The number of rotatable bonds is 7. The van der Waals surface area contributed by atoms with Gasteiger partial charge >= 0.3 is 0 Å². The van der Waals surface area contributed by atoms with E-state index < -0.39 is 5.82 Å². The molecule has 27 heavy (non-hydrogen) atoms. The summed E-state index contributed by atoms with van der Waals surface area (Å²) in [6.45, 7) is -0.0120. The fraction of sp³-hybridized carbons (Fsp3) is 0.176. The van der Waals surface area contributed by atoms with E-state index in [0.717, 1.165) is 0 Å². The number of H-pyrrole nitrogens is 1. The first-order chi connectivity index (χ1) is 13.2. The number of aromatic nitrogens is 4. The molecule has 0 amide bonds. The number of hydrogen-bond donors (Lipinski definition) is 2. The van der Waals surface area contributed by atoms with Crippen LogP contribution in [0.5, 0.6) is 11.5 Å². The SMILES string of the molecule is COCOc1ccc(F)c(OC)c1-c1cc(Nc2cnc(C#N)cn2)n[nH]1. The first-order valence-electron chi connectivity index (χ1n) is 7.69. The van der Waals surface area contributed by atoms with Crippen molar-refractivity contribution in [1.82, 2.24) is 20.2 Å². The first-order valence-corrected chi connectivity index (χ1v) is 7.69. The van der Waals surface area contributed by atoms with Gasteiger partial charge in [-0.2, -0.15) is 10.4 Å². The Balaban J connectivity index is 1.92. The highest BCUT2D eigenvalue weighted by Gasteiger charge is 2.20. The van der Waals surface area contributed by atoms with Gasteiger partial charge in [-0.25, -0.2) is 14.4 Å². The van der Waals surface area contributed by atoms with Crippen molar-refractivity contribution in [3.05, 3.63) is 42.1 Å². The molecule has 1 aromatic carbocycles. The third kappa shape index (κ3) is 3.94. The summed E-state index contributed by atoms with van der Waals surface area (Å²) in [5.41, 5.74) is 1.02. The Hall–Kier alpha value is -3.71. The summed E-state index contributed by atoms with van der Waals surface area (Å²) in [5, 5.41) is 18.6. The lowest BCUT2D eigenvalue weighted by molar-refractivity contribution is 0.0513. The van der Waals surface area contributed by atoms with Gasteiger partial charge in [0.15, 0.2) is 29.9 Å². The van der Waals surface area contributed by atoms with Crippen LogP contribution in [0.15, 0.2) is 30.6 Å². The Morgan fingerprint density at radius 2 is 2.07 bits per heavy atom. The van der Waals surface area contributed by atoms with Crippen LogP contribution in [0.3, 0.4) is 0 Å². The zero-order valence-electron chi connectivity index (χ0n) is 14.5. The molecule has 0 atom stereocenters. The van der Waals surface area contributed by atoms with E-state index >= 15 is 0 Å². The highest BCUT2D eigenvalue weighted by molar-refractivity contribution is 5.76. The van der Waals surface area contributed by atoms with Crippen LogP contribution in [-0.4, -0.2) is 41.2 Å². The molecule has 0 radical (unpaired) electrons. The second-order valence-corrected chi connectivity index (χ2v) is 5.20. The van der Waals surface area contributed by atoms with Crippen molar-refractivity contribution in [2.24, 2.45) is 0 Å². The molecule has 2 N–H and O–H groups in total. The van der Waals surface area contributed by atoms with Crippen LogP contribution in [0.25, 0.3) is 11.3 Å². The Bertz CT molecular complexity index is 968. The zero-order valence-corrected chi connectivity index (χ0v) is 14.5. The van der Waals surface area contributed by atoms with E-state index in [9.17, 15) is 4.39 Å². The number of aromatic amines is 1. The molecule has 0 aliphatic rings. The van der Waals surface area contributed by atoms with E-state index in [1.807, 2.05) is 6.07 Å². The minimum absolute atomic E-state index is 0.0111. The van der Waals surface area contributed by atoms with Crippen LogP contribution in [0.2, 0.25) is 0 Å². The molecule has 3 rings (SSSR count). The molecule has 0 spiro atoms. The number of methoxy groups -OCH3 is 2. The maximum Gasteiger partial charge on any atom is 0.188 e. The number of anilines is 2. The zero-order chi connectivity index (χ0) is 19.2. The second kappa shape index (κ2) is 8.11. The van der Waals surface area contributed by atoms with Gasteiger partial charge in [-0.15, -0.1) is 0 Å². The van der Waals surface area contributed by atoms with Gasteiger partial charge < -0.3 is 19.5 Å². The van der Waals surface area contributed by atoms with Crippen LogP contribution in [0.4, 0.5) is 16.0 Å². The fourth-order valence-corrected chi connectivity index (χ4v) is 2.33. The molecule has 0 bridgehead atoms. The summed E-state index contributed by atoms with van der Waals surface area (Å²) < 4.78 is 29.8. The predicted molar refractivity (Wildman–Crippen MR) is 93.1 cm³/mol. The predicted octanol–water partition coefficient (Wildman–Crippen LogP) is 2.61. The molecule has 0 fully saturated rings. The molecular formula is C17H15FN6O3. The highest BCUT2D eigenvalue weighted by atomic mass is 19.1. The van der Waals surface area contributed by atoms with Crippen molar-refractivity contribution in [3.63, 3.8) is 0 Å². The molecule has 0 aliphatic carbocycles. The summed E-state index contributed by atoms with van der Waals surface area (Å²) in [7, 11) is 2.85. The molecule has 0 aliphatic heterocycles. The Morgan fingerprint density at radius 3 is 2.74 bits per heavy atom. The summed E-state index contributed by atoms with van der Waals surface area (Å²) in [5.74, 6) is 0.641. The Labute approximate surface area is 153 Å². The topological polar surface area (TPSA) is 118 Å². The molecule has 0 unspecified atom stereocenters. The van der Waals surface area contributed by atoms with Gasteiger partial charge in [-0.3, -0.25) is 5.10 Å². The molecule has 3 aromatic rings. The van der Waals surface area contributed by atoms with Gasteiger partial charge in [0.1, 0.15) is 17.6 Å². The molecule has 9 nitrogen and oxygen atoms in total. The smallest absolute Gasteiger partial charge is 0.188 e. The number of benzene rings is 1. The van der Waals surface area contributed by atoms with Gasteiger partial charge in [0.05, 0.1) is 30.8 Å². The van der Waals surface area contributed by atoms with Gasteiger partial charge in [0.2, 0.25) is 0 Å². The molecule has 2 aromatic heterocycles. The summed E-state index contributed by atoms with van der Waals surface area (Å²) in [6, 6.07) is 6.25. The average Bonchev–Trinajstić information content (AvgIpc) is 3.15. The number of nitriles is 1. The van der Waals surface area contributed by atoms with Gasteiger partial charge in [-0.05, 0) is 12.1 Å². The fourth-order valence-electron chi connectivity index (χ4n) is 2.33. The molecule has 10 heteroatoms. The normalized spacial score (nSPS) is 10.3. The van der Waals surface area contributed by atoms with E-state index in [4.69, 9.17) is 19.5 Å². The van der Waals surface area contributed by atoms with Crippen molar-refractivity contribution in [2.75, 3.05) is 26.3 Å². The van der Waals surface area contributed by atoms with E-state index in [2.05, 4.69) is 25.5 Å². The maximum atomic E-state index is 14.2. The van der Waals surface area contributed by atoms with Crippen molar-refractivity contribution in [1.29, 1.82) is 5.26 Å². The quantitative estimate of drug-likeness (QED) is 0.609. The van der Waals surface area contributed by atoms with Gasteiger partial charge in [0.25, 0.3) is 0 Å². The number of nitrogens with one attached hydrogen (secondary N) is 2. The van der Waals surface area contributed by atoms with Crippen molar-refractivity contribution in [3.8, 4) is 28.8 Å². The third-order valence-electron chi connectivity index (χ3n) is 3.48. The summed E-state index contributed by atoms with van der Waals surface area (Å²) >= 11 is 0. The van der Waals surface area contributed by atoms with E-state index in [1.165, 1.54) is 38.7 Å². The number of nitrogens with zero attached hydrogens (tertiary/aromatic N) is 4. The van der Waals surface area contributed by atoms with E-state index in [-0.39, 0.29) is 18.2 Å². The lowest BCUT2D eigenvalue weighted by Crippen LogP contribution is -2.02. The van der Waals surface area contributed by atoms with Crippen molar-refractivity contribution >= 4 is 11.6 Å². The minimum atomic E-state index is -0.542. The van der Waals surface area contributed by atoms with E-state index in [1.54, 1.807) is 6.07 Å². The number of hydrogen-bond acceptors (Lipinski definition) is 8. The van der Waals surface area contributed by atoms with Crippen LogP contribution in [0, 0.1) is 17.1 Å². The third-order valence-corrected chi connectivity index (χ3v) is 3.48. The van der Waals surface area contributed by atoms with Crippen molar-refractivity contribution < 1.29 is 18.6 Å². The average molecular weight is 370 g/mol. The van der Waals surface area contributed by atoms with E-state index in [0.29, 0.717) is 28.6 Å². The van der Waals surface area contributed by atoms with Crippen LogP contribution in [0.1, 0.15) is 5.69 Å². The van der Waals surface area contributed by atoms with Gasteiger partial charge in [0, 0.05) is 13.2 Å². The van der Waals surface area contributed by atoms with Crippen LogP contribution < -0.4 is 14.8 Å². The Kier molecular flexibility index (Phi) is 5.44. The minimum Gasteiger partial charge on any atom is -0.493 e. The Morgan fingerprint density at radius 1 is 1.22 bits per heavy atom. The lowest BCUT2D eigenvalue weighted by atomic mass is 10.1. The lowest BCUT2D eigenvalue weighted by Gasteiger charge is -2.13. The highest BCUT2D eigenvalue weighted by Crippen LogP contribution is 2.40. The second-order valence-electron chi connectivity index (χ2n) is 5.20. The number of halogens is 1.